The fourth-order valence-corrected chi connectivity index (χ4v) is 1.39. The molecule has 0 heterocycles. The molecule has 1 nitrogen and oxygen atoms in total. The molecule has 0 amide bonds. The lowest BCUT2D eigenvalue weighted by atomic mass is 10.0. The summed E-state index contributed by atoms with van der Waals surface area (Å²) in [5.74, 6) is 0. The molecule has 1 rings (SSSR count). The van der Waals surface area contributed by atoms with Gasteiger partial charge in [0.25, 0.3) is 0 Å². The first kappa shape index (κ1) is 12.1. The Morgan fingerprint density at radius 2 is 2.00 bits per heavy atom. The van der Waals surface area contributed by atoms with Gasteiger partial charge in [0.2, 0.25) is 0 Å². The Hall–Kier alpha value is -1.98. The van der Waals surface area contributed by atoms with Crippen molar-refractivity contribution in [1.29, 1.82) is 0 Å². The van der Waals surface area contributed by atoms with E-state index in [0.717, 1.165) is 16.7 Å². The van der Waals surface area contributed by atoms with Crippen LogP contribution in [0.4, 0.5) is 0 Å². The van der Waals surface area contributed by atoms with Gasteiger partial charge in [-0.15, -0.1) is 5.73 Å². The van der Waals surface area contributed by atoms with Crippen LogP contribution >= 0.6 is 0 Å². The van der Waals surface area contributed by atoms with Crippen LogP contribution in [0.25, 0.3) is 0 Å². The van der Waals surface area contributed by atoms with Crippen LogP contribution in [0.2, 0.25) is 0 Å². The molecule has 0 N–H and O–H groups in total. The maximum Gasteiger partial charge on any atom is 0.0164 e. The van der Waals surface area contributed by atoms with Crippen LogP contribution in [0.5, 0.6) is 0 Å². The van der Waals surface area contributed by atoms with Crippen LogP contribution in [0.15, 0.2) is 78.3 Å². The highest BCUT2D eigenvalue weighted by atomic mass is 15.0. The van der Waals surface area contributed by atoms with E-state index in [4.69, 9.17) is 0 Å². The second-order valence-electron chi connectivity index (χ2n) is 3.70. The van der Waals surface area contributed by atoms with Crippen molar-refractivity contribution in [3.05, 3.63) is 78.3 Å². The van der Waals surface area contributed by atoms with Crippen LogP contribution < -0.4 is 0 Å². The Morgan fingerprint density at radius 1 is 1.31 bits per heavy atom. The zero-order chi connectivity index (χ0) is 12.0. The topological polar surface area (TPSA) is 3.24 Å². The quantitative estimate of drug-likeness (QED) is 0.511. The lowest BCUT2D eigenvalue weighted by molar-refractivity contribution is 0.561. The Kier molecular flexibility index (Phi) is 4.38. The van der Waals surface area contributed by atoms with Crippen LogP contribution in [0, 0.1) is 0 Å². The van der Waals surface area contributed by atoms with Gasteiger partial charge >= 0.3 is 0 Å². The van der Waals surface area contributed by atoms with Crippen molar-refractivity contribution in [3.63, 3.8) is 0 Å². The van der Waals surface area contributed by atoms with Gasteiger partial charge in [0.1, 0.15) is 0 Å². The first-order valence-corrected chi connectivity index (χ1v) is 5.15. The molecule has 82 valence electrons. The van der Waals surface area contributed by atoms with Gasteiger partial charge in [-0.2, -0.15) is 0 Å². The van der Waals surface area contributed by atoms with E-state index in [1.54, 1.807) is 0 Å². The van der Waals surface area contributed by atoms with Gasteiger partial charge in [0, 0.05) is 25.9 Å². The molecular formula is C15H17N. The molecule has 0 aromatic heterocycles. The van der Waals surface area contributed by atoms with Crippen LogP contribution in [0.3, 0.4) is 0 Å². The molecule has 0 bridgehead atoms. The number of hydrogen-bond donors (Lipinski definition) is 0. The number of rotatable bonds is 3. The second kappa shape index (κ2) is 5.79. The Bertz CT molecular complexity index is 436. The van der Waals surface area contributed by atoms with Crippen LogP contribution in [-0.4, -0.2) is 19.0 Å². The molecule has 1 aliphatic rings. The molecule has 0 saturated heterocycles. The summed E-state index contributed by atoms with van der Waals surface area (Å²) in [6.45, 7) is 7.50. The molecule has 0 aromatic carbocycles. The van der Waals surface area contributed by atoms with Crippen molar-refractivity contribution < 1.29 is 0 Å². The summed E-state index contributed by atoms with van der Waals surface area (Å²) in [5, 5.41) is 0. The average molecular weight is 211 g/mol. The SMILES string of the molecule is C=C=C1C=CC=CC(/C(C=C)=C/N(C)C)=C1. The second-order valence-corrected chi connectivity index (χ2v) is 3.70. The largest absolute Gasteiger partial charge is 0.383 e. The van der Waals surface area contributed by atoms with E-state index in [-0.39, 0.29) is 0 Å². The van der Waals surface area contributed by atoms with E-state index in [1.165, 1.54) is 0 Å². The standard InChI is InChI=1S/C15H17N/c1-5-13-9-7-8-10-15(11-13)14(6-2)12-16(3)4/h6-12H,1-2H2,3-4H3/b14-12+. The maximum absolute atomic E-state index is 3.84. The van der Waals surface area contributed by atoms with E-state index in [1.807, 2.05) is 55.6 Å². The molecule has 16 heavy (non-hydrogen) atoms. The molecule has 0 spiro atoms. The first-order chi connectivity index (χ1) is 7.67. The predicted octanol–water partition coefficient (Wildman–Crippen LogP) is 3.38. The third kappa shape index (κ3) is 3.30. The summed E-state index contributed by atoms with van der Waals surface area (Å²) >= 11 is 0. The molecular weight excluding hydrogens is 194 g/mol. The minimum Gasteiger partial charge on any atom is -0.383 e. The van der Waals surface area contributed by atoms with Crippen molar-refractivity contribution in [1.82, 2.24) is 4.90 Å². The average Bonchev–Trinajstić information content (AvgIpc) is 2.50. The van der Waals surface area contributed by atoms with Crippen molar-refractivity contribution in [3.8, 4) is 0 Å². The van der Waals surface area contributed by atoms with Crippen molar-refractivity contribution in [2.75, 3.05) is 14.1 Å². The van der Waals surface area contributed by atoms with Crippen molar-refractivity contribution >= 4 is 0 Å². The molecule has 0 aliphatic heterocycles. The first-order valence-electron chi connectivity index (χ1n) is 5.15. The van der Waals surface area contributed by atoms with Gasteiger partial charge < -0.3 is 4.90 Å². The molecule has 0 fully saturated rings. The maximum atomic E-state index is 3.84. The fraction of sp³-hybridized carbons (Fsp3) is 0.133. The van der Waals surface area contributed by atoms with Gasteiger partial charge in [0.15, 0.2) is 0 Å². The van der Waals surface area contributed by atoms with E-state index >= 15 is 0 Å². The summed E-state index contributed by atoms with van der Waals surface area (Å²) in [7, 11) is 3.99. The third-order valence-corrected chi connectivity index (χ3v) is 2.13. The normalized spacial score (nSPS) is 15.2. The van der Waals surface area contributed by atoms with Gasteiger partial charge in [-0.1, -0.05) is 37.5 Å². The van der Waals surface area contributed by atoms with E-state index in [2.05, 4.69) is 25.0 Å². The Balaban J connectivity index is 3.16. The number of hydrogen-bond acceptors (Lipinski definition) is 1. The molecule has 0 saturated carbocycles. The zero-order valence-electron chi connectivity index (χ0n) is 9.90. The van der Waals surface area contributed by atoms with E-state index in [9.17, 15) is 0 Å². The van der Waals surface area contributed by atoms with Gasteiger partial charge in [0.05, 0.1) is 0 Å². The third-order valence-electron chi connectivity index (χ3n) is 2.13. The molecule has 1 heteroatoms. The summed E-state index contributed by atoms with van der Waals surface area (Å²) in [5.41, 5.74) is 6.06. The van der Waals surface area contributed by atoms with Crippen LogP contribution in [-0.2, 0) is 0 Å². The van der Waals surface area contributed by atoms with Gasteiger partial charge in [-0.25, -0.2) is 0 Å². The lowest BCUT2D eigenvalue weighted by Crippen LogP contribution is -2.03. The highest BCUT2D eigenvalue weighted by Gasteiger charge is 2.01. The highest BCUT2D eigenvalue weighted by molar-refractivity contribution is 5.53. The molecule has 0 unspecified atom stereocenters. The predicted molar refractivity (Wildman–Crippen MR) is 71.0 cm³/mol. The zero-order valence-corrected chi connectivity index (χ0v) is 9.90. The summed E-state index contributed by atoms with van der Waals surface area (Å²) in [4.78, 5) is 2.00. The molecule has 0 atom stereocenters. The minimum atomic E-state index is 0.978. The van der Waals surface area contributed by atoms with Gasteiger partial charge in [-0.05, 0) is 23.3 Å². The number of nitrogens with zero attached hydrogens (tertiary/aromatic N) is 1. The smallest absolute Gasteiger partial charge is 0.0164 e. The van der Waals surface area contributed by atoms with E-state index in [0.29, 0.717) is 0 Å². The summed E-state index contributed by atoms with van der Waals surface area (Å²) in [6.07, 6.45) is 13.9. The molecule has 0 radical (unpaired) electrons. The van der Waals surface area contributed by atoms with E-state index < -0.39 is 0 Å². The van der Waals surface area contributed by atoms with Gasteiger partial charge in [-0.3, -0.25) is 0 Å². The highest BCUT2D eigenvalue weighted by Crippen LogP contribution is 2.18. The van der Waals surface area contributed by atoms with Crippen LogP contribution in [0.1, 0.15) is 0 Å². The monoisotopic (exact) mass is 211 g/mol. The van der Waals surface area contributed by atoms with Crippen molar-refractivity contribution in [2.24, 2.45) is 0 Å². The Labute approximate surface area is 97.8 Å². The molecule has 0 aromatic rings. The Morgan fingerprint density at radius 3 is 2.56 bits per heavy atom. The summed E-state index contributed by atoms with van der Waals surface area (Å²) < 4.78 is 0. The van der Waals surface area contributed by atoms with Crippen molar-refractivity contribution in [2.45, 2.75) is 0 Å². The molecule has 1 aliphatic carbocycles. The fourth-order valence-electron chi connectivity index (χ4n) is 1.39. The lowest BCUT2D eigenvalue weighted by Gasteiger charge is -2.09. The minimum absolute atomic E-state index is 0.978. The summed E-state index contributed by atoms with van der Waals surface area (Å²) in [6, 6.07) is 0. The number of allylic oxidation sites excluding steroid dienone is 9.